The van der Waals surface area contributed by atoms with Gasteiger partial charge in [-0.05, 0) is 44.2 Å². The maximum atomic E-state index is 5.82. The third kappa shape index (κ3) is 6.44. The zero-order valence-electron chi connectivity index (χ0n) is 13.5. The largest absolute Gasteiger partial charge is 0.489 e. The minimum atomic E-state index is 0.583. The van der Waals surface area contributed by atoms with Crippen LogP contribution in [0, 0.1) is 12.8 Å². The number of aryl methyl sites for hydroxylation is 1. The molecule has 0 amide bonds. The van der Waals surface area contributed by atoms with E-state index in [2.05, 4.69) is 24.1 Å². The first-order chi connectivity index (χ1) is 10.1. The molecule has 4 nitrogen and oxygen atoms in total. The van der Waals surface area contributed by atoms with Gasteiger partial charge in [0.15, 0.2) is 0 Å². The second-order valence-corrected chi connectivity index (χ2v) is 6.20. The van der Waals surface area contributed by atoms with Crippen LogP contribution in [0.1, 0.15) is 44.5 Å². The first-order valence-corrected chi connectivity index (χ1v) is 8.05. The van der Waals surface area contributed by atoms with Crippen molar-refractivity contribution in [2.75, 3.05) is 19.8 Å². The predicted molar refractivity (Wildman–Crippen MR) is 84.6 cm³/mol. The van der Waals surface area contributed by atoms with Gasteiger partial charge in [-0.15, -0.1) is 0 Å². The van der Waals surface area contributed by atoms with E-state index < -0.39 is 0 Å². The Morgan fingerprint density at radius 3 is 2.76 bits per heavy atom. The van der Waals surface area contributed by atoms with E-state index in [4.69, 9.17) is 9.47 Å². The number of nitrogens with zero attached hydrogens (tertiary/aromatic N) is 1. The molecule has 1 saturated carbocycles. The Kier molecular flexibility index (Phi) is 6.46. The fraction of sp³-hybridized carbons (Fsp3) is 0.706. The van der Waals surface area contributed by atoms with E-state index in [0.29, 0.717) is 25.2 Å². The molecule has 0 aromatic carbocycles. The molecule has 118 valence electrons. The maximum absolute atomic E-state index is 5.82. The van der Waals surface area contributed by atoms with Gasteiger partial charge in [0.2, 0.25) is 0 Å². The van der Waals surface area contributed by atoms with Gasteiger partial charge < -0.3 is 14.8 Å². The molecule has 1 aromatic heterocycles. The molecule has 0 aliphatic heterocycles. The van der Waals surface area contributed by atoms with Crippen LogP contribution in [-0.4, -0.2) is 30.8 Å². The van der Waals surface area contributed by atoms with E-state index in [9.17, 15) is 0 Å². The molecule has 0 spiro atoms. The van der Waals surface area contributed by atoms with Gasteiger partial charge in [-0.3, -0.25) is 4.98 Å². The highest BCUT2D eigenvalue weighted by molar-refractivity contribution is 5.29. The molecule has 1 aromatic rings. The summed E-state index contributed by atoms with van der Waals surface area (Å²) in [4.78, 5) is 4.58. The van der Waals surface area contributed by atoms with E-state index in [1.807, 2.05) is 19.1 Å². The fourth-order valence-corrected chi connectivity index (χ4v) is 2.02. The number of rotatable bonds is 10. The first kappa shape index (κ1) is 16.2. The quantitative estimate of drug-likeness (QED) is 0.673. The molecular weight excluding hydrogens is 264 g/mol. The van der Waals surface area contributed by atoms with Crippen molar-refractivity contribution in [2.24, 2.45) is 5.92 Å². The molecule has 0 atom stereocenters. The summed E-state index contributed by atoms with van der Waals surface area (Å²) in [5.74, 6) is 1.56. The van der Waals surface area contributed by atoms with Gasteiger partial charge >= 0.3 is 0 Å². The Hall–Kier alpha value is -1.13. The Morgan fingerprint density at radius 2 is 2.05 bits per heavy atom. The molecule has 1 fully saturated rings. The second kappa shape index (κ2) is 8.35. The summed E-state index contributed by atoms with van der Waals surface area (Å²) in [6.45, 7) is 9.24. The van der Waals surface area contributed by atoms with Gasteiger partial charge in [-0.2, -0.15) is 0 Å². The molecule has 1 aliphatic carbocycles. The van der Waals surface area contributed by atoms with Crippen molar-refractivity contribution in [2.45, 2.75) is 52.6 Å². The van der Waals surface area contributed by atoms with Crippen LogP contribution in [0.5, 0.6) is 5.75 Å². The molecule has 0 unspecified atom stereocenters. The van der Waals surface area contributed by atoms with E-state index in [1.165, 1.54) is 12.8 Å². The second-order valence-electron chi connectivity index (χ2n) is 6.20. The lowest BCUT2D eigenvalue weighted by Crippen LogP contribution is -2.18. The fourth-order valence-electron chi connectivity index (χ4n) is 2.02. The lowest BCUT2D eigenvalue weighted by atomic mass is 10.1. The third-order valence-corrected chi connectivity index (χ3v) is 3.53. The molecule has 1 N–H and O–H groups in total. The van der Waals surface area contributed by atoms with Gasteiger partial charge in [0.05, 0.1) is 12.3 Å². The first-order valence-electron chi connectivity index (χ1n) is 8.05. The van der Waals surface area contributed by atoms with Crippen LogP contribution in [0.2, 0.25) is 0 Å². The van der Waals surface area contributed by atoms with Crippen molar-refractivity contribution in [1.29, 1.82) is 0 Å². The van der Waals surface area contributed by atoms with Crippen molar-refractivity contribution in [1.82, 2.24) is 10.3 Å². The SMILES string of the molecule is Cc1ccc(OCCOCCC(C)C)c(CNC2CC2)n1. The van der Waals surface area contributed by atoms with Crippen molar-refractivity contribution >= 4 is 0 Å². The molecular formula is C17H28N2O2. The summed E-state index contributed by atoms with van der Waals surface area (Å²) in [5.41, 5.74) is 2.03. The van der Waals surface area contributed by atoms with E-state index in [-0.39, 0.29) is 0 Å². The summed E-state index contributed by atoms with van der Waals surface area (Å²) in [6.07, 6.45) is 3.67. The van der Waals surface area contributed by atoms with Gasteiger partial charge in [-0.25, -0.2) is 0 Å². The highest BCUT2D eigenvalue weighted by Gasteiger charge is 2.21. The zero-order chi connectivity index (χ0) is 15.1. The van der Waals surface area contributed by atoms with Crippen LogP contribution in [0.4, 0.5) is 0 Å². The number of hydrogen-bond acceptors (Lipinski definition) is 4. The van der Waals surface area contributed by atoms with E-state index in [0.717, 1.165) is 36.7 Å². The summed E-state index contributed by atoms with van der Waals surface area (Å²) in [6, 6.07) is 4.69. The standard InChI is InChI=1S/C17H28N2O2/c1-13(2)8-9-20-10-11-21-17-7-4-14(3)19-16(17)12-18-15-5-6-15/h4,7,13,15,18H,5-6,8-12H2,1-3H3. The number of ether oxygens (including phenoxy) is 2. The van der Waals surface area contributed by atoms with Crippen molar-refractivity contribution in [3.05, 3.63) is 23.5 Å². The van der Waals surface area contributed by atoms with Crippen LogP contribution in [0.25, 0.3) is 0 Å². The zero-order valence-corrected chi connectivity index (χ0v) is 13.5. The molecule has 4 heteroatoms. The Morgan fingerprint density at radius 1 is 1.24 bits per heavy atom. The average Bonchev–Trinajstić information content (AvgIpc) is 3.26. The topological polar surface area (TPSA) is 43.4 Å². The van der Waals surface area contributed by atoms with Crippen LogP contribution in [0.3, 0.4) is 0 Å². The summed E-state index contributed by atoms with van der Waals surface area (Å²) in [7, 11) is 0. The number of hydrogen-bond donors (Lipinski definition) is 1. The monoisotopic (exact) mass is 292 g/mol. The minimum absolute atomic E-state index is 0.583. The third-order valence-electron chi connectivity index (χ3n) is 3.53. The van der Waals surface area contributed by atoms with E-state index in [1.54, 1.807) is 0 Å². The lowest BCUT2D eigenvalue weighted by molar-refractivity contribution is 0.0921. The van der Waals surface area contributed by atoms with E-state index >= 15 is 0 Å². The smallest absolute Gasteiger partial charge is 0.142 e. The van der Waals surface area contributed by atoms with Crippen LogP contribution in [-0.2, 0) is 11.3 Å². The highest BCUT2D eigenvalue weighted by atomic mass is 16.5. The van der Waals surface area contributed by atoms with Gasteiger partial charge in [0.1, 0.15) is 12.4 Å². The average molecular weight is 292 g/mol. The summed E-state index contributed by atoms with van der Waals surface area (Å²) in [5, 5.41) is 3.49. The van der Waals surface area contributed by atoms with Crippen LogP contribution in [0.15, 0.2) is 12.1 Å². The normalized spacial score (nSPS) is 14.7. The molecule has 0 radical (unpaired) electrons. The van der Waals surface area contributed by atoms with Gasteiger partial charge in [0.25, 0.3) is 0 Å². The summed E-state index contributed by atoms with van der Waals surface area (Å²) < 4.78 is 11.4. The molecule has 0 saturated heterocycles. The van der Waals surface area contributed by atoms with Crippen LogP contribution >= 0.6 is 0 Å². The van der Waals surface area contributed by atoms with Gasteiger partial charge in [-0.1, -0.05) is 13.8 Å². The molecule has 1 aliphatic rings. The molecule has 1 heterocycles. The summed E-state index contributed by atoms with van der Waals surface area (Å²) >= 11 is 0. The molecule has 21 heavy (non-hydrogen) atoms. The Bertz CT molecular complexity index is 431. The maximum Gasteiger partial charge on any atom is 0.142 e. The highest BCUT2D eigenvalue weighted by Crippen LogP contribution is 2.22. The Balaban J connectivity index is 1.73. The molecule has 0 bridgehead atoms. The number of pyridine rings is 1. The number of aromatic nitrogens is 1. The van der Waals surface area contributed by atoms with Crippen LogP contribution < -0.4 is 10.1 Å². The van der Waals surface area contributed by atoms with Crippen molar-refractivity contribution < 1.29 is 9.47 Å². The lowest BCUT2D eigenvalue weighted by Gasteiger charge is -2.12. The Labute approximate surface area is 128 Å². The number of nitrogens with one attached hydrogen (secondary N) is 1. The van der Waals surface area contributed by atoms with Gasteiger partial charge in [0, 0.05) is 24.9 Å². The van der Waals surface area contributed by atoms with Crippen molar-refractivity contribution in [3.8, 4) is 5.75 Å². The molecule has 2 rings (SSSR count). The van der Waals surface area contributed by atoms with Crippen molar-refractivity contribution in [3.63, 3.8) is 0 Å². The minimum Gasteiger partial charge on any atom is -0.489 e. The predicted octanol–water partition coefficient (Wildman–Crippen LogP) is 3.08.